The molecule has 0 bridgehead atoms. The van der Waals surface area contributed by atoms with Crippen molar-refractivity contribution < 1.29 is 27.8 Å². The lowest BCUT2D eigenvalue weighted by molar-refractivity contribution is 0.0353. The molecule has 1 atom stereocenters. The highest BCUT2D eigenvalue weighted by molar-refractivity contribution is 5.99. The number of fused-ring (bicyclic) bond motifs is 2. The fraction of sp³-hybridized carbons (Fsp3) is 0.484. The van der Waals surface area contributed by atoms with Gasteiger partial charge >= 0.3 is 0 Å². The summed E-state index contributed by atoms with van der Waals surface area (Å²) >= 11 is 0. The minimum absolute atomic E-state index is 0.0123. The molecule has 0 N–H and O–H groups in total. The van der Waals surface area contributed by atoms with E-state index in [0.717, 1.165) is 45.3 Å². The highest BCUT2D eigenvalue weighted by atomic mass is 19.1. The molecule has 40 heavy (non-hydrogen) atoms. The monoisotopic (exact) mass is 552 g/mol. The largest absolute Gasteiger partial charge is 0.490 e. The molecule has 9 heteroatoms. The summed E-state index contributed by atoms with van der Waals surface area (Å²) in [5, 5.41) is 0.118. The second-order valence-corrected chi connectivity index (χ2v) is 10.2. The van der Waals surface area contributed by atoms with Gasteiger partial charge < -0.3 is 23.5 Å². The quantitative estimate of drug-likeness (QED) is 0.287. The van der Waals surface area contributed by atoms with Crippen molar-refractivity contribution in [3.8, 4) is 11.5 Å². The van der Waals surface area contributed by atoms with Crippen molar-refractivity contribution in [1.29, 1.82) is 0 Å². The lowest BCUT2D eigenvalue weighted by Crippen LogP contribution is -2.38. The van der Waals surface area contributed by atoms with E-state index in [0.29, 0.717) is 50.0 Å². The van der Waals surface area contributed by atoms with E-state index in [1.54, 1.807) is 4.90 Å². The first kappa shape index (κ1) is 28.1. The molecular weight excluding hydrogens is 515 g/mol. The minimum Gasteiger partial charge on any atom is -0.490 e. The van der Waals surface area contributed by atoms with Gasteiger partial charge in [0.2, 0.25) is 5.76 Å². The molecule has 3 aromatic rings. The molecule has 0 radical (unpaired) electrons. The lowest BCUT2D eigenvalue weighted by atomic mass is 9.98. The zero-order valence-electron chi connectivity index (χ0n) is 23.2. The molecule has 2 aliphatic rings. The van der Waals surface area contributed by atoms with Gasteiger partial charge in [-0.05, 0) is 55.7 Å². The maximum Gasteiger partial charge on any atom is 0.290 e. The summed E-state index contributed by atoms with van der Waals surface area (Å²) in [4.78, 5) is 31.5. The Morgan fingerprint density at radius 2 is 1.77 bits per heavy atom. The first-order valence-electron chi connectivity index (χ1n) is 14.3. The van der Waals surface area contributed by atoms with Gasteiger partial charge in [0.25, 0.3) is 5.91 Å². The van der Waals surface area contributed by atoms with Crippen molar-refractivity contribution >= 4 is 16.9 Å². The Morgan fingerprint density at radius 1 is 0.950 bits per heavy atom. The van der Waals surface area contributed by atoms with Crippen LogP contribution in [-0.4, -0.2) is 68.3 Å². The molecule has 1 fully saturated rings. The third-order valence-electron chi connectivity index (χ3n) is 7.49. The van der Waals surface area contributed by atoms with Crippen LogP contribution in [0, 0.1) is 5.82 Å². The Morgan fingerprint density at radius 3 is 2.55 bits per heavy atom. The summed E-state index contributed by atoms with van der Waals surface area (Å²) in [5.74, 6) is 0.312. The minimum atomic E-state index is -0.690. The summed E-state index contributed by atoms with van der Waals surface area (Å²) in [6.07, 6.45) is 3.83. The van der Waals surface area contributed by atoms with E-state index in [4.69, 9.17) is 18.6 Å². The topological polar surface area (TPSA) is 81.5 Å². The molecule has 8 nitrogen and oxygen atoms in total. The fourth-order valence-corrected chi connectivity index (χ4v) is 5.48. The molecule has 1 amide bonds. The molecule has 5 rings (SSSR count). The van der Waals surface area contributed by atoms with Crippen molar-refractivity contribution in [2.45, 2.75) is 45.6 Å². The summed E-state index contributed by atoms with van der Waals surface area (Å²) in [5.41, 5.74) is 0.736. The maximum atomic E-state index is 14.1. The van der Waals surface area contributed by atoms with Crippen LogP contribution in [0.5, 0.6) is 11.5 Å². The Hall–Kier alpha value is -3.43. The van der Waals surface area contributed by atoms with Crippen LogP contribution < -0.4 is 14.9 Å². The standard InChI is InChI=1S/C31H37FN2O6/c1-3-5-6-16-39-25-10-8-21(19-26(25)38-4-2)28-27-29(35)23-20-22(32)9-11-24(23)40-30(27)31(36)34(28)13-7-12-33-14-17-37-18-15-33/h8-11,19-20,28H,3-7,12-18H2,1-2H3. The van der Waals surface area contributed by atoms with Crippen LogP contribution in [0.2, 0.25) is 0 Å². The number of nitrogens with zero attached hydrogens (tertiary/aromatic N) is 2. The highest BCUT2D eigenvalue weighted by Crippen LogP contribution is 2.41. The summed E-state index contributed by atoms with van der Waals surface area (Å²) in [6.45, 7) is 9.39. The molecule has 0 spiro atoms. The second kappa shape index (κ2) is 12.8. The number of amides is 1. The number of hydrogen-bond donors (Lipinski definition) is 0. The second-order valence-electron chi connectivity index (χ2n) is 10.2. The van der Waals surface area contributed by atoms with Gasteiger partial charge in [-0.2, -0.15) is 0 Å². The van der Waals surface area contributed by atoms with E-state index in [1.165, 1.54) is 18.2 Å². The average Bonchev–Trinajstić information content (AvgIpc) is 3.24. The van der Waals surface area contributed by atoms with Gasteiger partial charge in [-0.1, -0.05) is 25.8 Å². The first-order valence-corrected chi connectivity index (χ1v) is 14.3. The molecule has 1 saturated heterocycles. The van der Waals surface area contributed by atoms with Crippen LogP contribution >= 0.6 is 0 Å². The Bertz CT molecular complexity index is 1400. The van der Waals surface area contributed by atoms with E-state index in [1.807, 2.05) is 25.1 Å². The van der Waals surface area contributed by atoms with Gasteiger partial charge in [0.05, 0.1) is 43.4 Å². The highest BCUT2D eigenvalue weighted by Gasteiger charge is 2.42. The first-order chi connectivity index (χ1) is 19.5. The van der Waals surface area contributed by atoms with Crippen LogP contribution in [0.3, 0.4) is 0 Å². The zero-order chi connectivity index (χ0) is 28.1. The van der Waals surface area contributed by atoms with Crippen molar-refractivity contribution in [3.63, 3.8) is 0 Å². The average molecular weight is 553 g/mol. The van der Waals surface area contributed by atoms with Gasteiger partial charge in [0.15, 0.2) is 16.9 Å². The molecule has 1 aromatic heterocycles. The van der Waals surface area contributed by atoms with Gasteiger partial charge in [-0.3, -0.25) is 14.5 Å². The SMILES string of the molecule is CCCCCOc1ccc(C2c3c(oc4ccc(F)cc4c3=O)C(=O)N2CCCN2CCOCC2)cc1OCC. The number of benzene rings is 2. The van der Waals surface area contributed by atoms with Crippen molar-refractivity contribution in [1.82, 2.24) is 9.80 Å². The maximum absolute atomic E-state index is 14.1. The third-order valence-corrected chi connectivity index (χ3v) is 7.49. The predicted molar refractivity (Wildman–Crippen MR) is 150 cm³/mol. The molecule has 0 aliphatic carbocycles. The number of halogens is 1. The molecule has 0 saturated carbocycles. The van der Waals surface area contributed by atoms with Crippen molar-refractivity contribution in [3.05, 3.63) is 69.3 Å². The Labute approximate surface area is 233 Å². The molecule has 214 valence electrons. The van der Waals surface area contributed by atoms with Crippen LogP contribution in [0.25, 0.3) is 11.0 Å². The molecule has 1 unspecified atom stereocenters. The summed E-state index contributed by atoms with van der Waals surface area (Å²) in [7, 11) is 0. The Balaban J connectivity index is 1.52. The molecular formula is C31H37FN2O6. The van der Waals surface area contributed by atoms with Crippen molar-refractivity contribution in [2.75, 3.05) is 52.6 Å². The lowest BCUT2D eigenvalue weighted by Gasteiger charge is -2.29. The van der Waals surface area contributed by atoms with Crippen LogP contribution in [0.15, 0.2) is 45.6 Å². The number of ether oxygens (including phenoxy) is 3. The van der Waals surface area contributed by atoms with Crippen LogP contribution in [-0.2, 0) is 4.74 Å². The number of morpholine rings is 1. The molecule has 2 aliphatic heterocycles. The van der Waals surface area contributed by atoms with Gasteiger partial charge in [-0.25, -0.2) is 4.39 Å². The van der Waals surface area contributed by atoms with Crippen molar-refractivity contribution in [2.24, 2.45) is 0 Å². The fourth-order valence-electron chi connectivity index (χ4n) is 5.48. The molecule has 3 heterocycles. The zero-order valence-corrected chi connectivity index (χ0v) is 23.2. The number of rotatable bonds is 12. The number of carbonyl (C=O) groups excluding carboxylic acids is 1. The third kappa shape index (κ3) is 5.86. The van der Waals surface area contributed by atoms with Gasteiger partial charge in [0, 0.05) is 26.2 Å². The van der Waals surface area contributed by atoms with E-state index < -0.39 is 17.3 Å². The van der Waals surface area contributed by atoms with E-state index in [2.05, 4.69) is 11.8 Å². The van der Waals surface area contributed by atoms with Gasteiger partial charge in [0.1, 0.15) is 11.4 Å². The normalized spacial score (nSPS) is 17.4. The van der Waals surface area contributed by atoms with Crippen LogP contribution in [0.4, 0.5) is 4.39 Å². The number of hydrogen-bond acceptors (Lipinski definition) is 7. The smallest absolute Gasteiger partial charge is 0.290 e. The predicted octanol–water partition coefficient (Wildman–Crippen LogP) is 5.17. The van der Waals surface area contributed by atoms with E-state index >= 15 is 0 Å². The van der Waals surface area contributed by atoms with Gasteiger partial charge in [-0.15, -0.1) is 0 Å². The number of carbonyl (C=O) groups is 1. The van der Waals surface area contributed by atoms with E-state index in [9.17, 15) is 14.0 Å². The Kier molecular flexibility index (Phi) is 9.01. The van der Waals surface area contributed by atoms with E-state index in [-0.39, 0.29) is 28.2 Å². The summed E-state index contributed by atoms with van der Waals surface area (Å²) in [6, 6.07) is 8.65. The summed E-state index contributed by atoms with van der Waals surface area (Å²) < 4.78 is 37.5. The van der Waals surface area contributed by atoms with Crippen LogP contribution in [0.1, 0.15) is 67.3 Å². The number of unbranched alkanes of at least 4 members (excludes halogenated alkanes) is 2. The molecule has 2 aromatic carbocycles.